The molecule has 0 aromatic carbocycles. The predicted molar refractivity (Wildman–Crippen MR) is 83.0 cm³/mol. The molecular weight excluding hydrogens is 236 g/mol. The van der Waals surface area contributed by atoms with Crippen LogP contribution in [0.3, 0.4) is 0 Å². The van der Waals surface area contributed by atoms with Crippen LogP contribution < -0.4 is 0 Å². The van der Waals surface area contributed by atoms with Crippen molar-refractivity contribution >= 4 is 8.32 Å². The van der Waals surface area contributed by atoms with Gasteiger partial charge < -0.3 is 4.43 Å². The Hall–Kier alpha value is -0.763. The second-order valence-corrected chi connectivity index (χ2v) is 11.3. The van der Waals surface area contributed by atoms with Crippen molar-refractivity contribution in [1.29, 1.82) is 0 Å². The van der Waals surface area contributed by atoms with Crippen LogP contribution in [0.2, 0.25) is 19.6 Å². The fourth-order valence-corrected chi connectivity index (χ4v) is 3.60. The highest BCUT2D eigenvalue weighted by Gasteiger charge is 2.33. The van der Waals surface area contributed by atoms with Crippen molar-refractivity contribution in [3.8, 4) is 0 Å². The van der Waals surface area contributed by atoms with Gasteiger partial charge >= 0.3 is 0 Å². The van der Waals surface area contributed by atoms with Gasteiger partial charge in [0, 0.05) is 0 Å². The van der Waals surface area contributed by atoms with E-state index >= 15 is 0 Å². The first-order valence-electron chi connectivity index (χ1n) is 6.90. The van der Waals surface area contributed by atoms with E-state index < -0.39 is 8.32 Å². The first-order chi connectivity index (χ1) is 8.17. The summed E-state index contributed by atoms with van der Waals surface area (Å²) in [6.45, 7) is 17.4. The summed E-state index contributed by atoms with van der Waals surface area (Å²) in [5, 5.41) is 0. The van der Waals surface area contributed by atoms with Crippen molar-refractivity contribution in [2.45, 2.75) is 59.7 Å². The van der Waals surface area contributed by atoms with Gasteiger partial charge in [-0.15, -0.1) is 0 Å². The quantitative estimate of drug-likeness (QED) is 0.373. The van der Waals surface area contributed by atoms with E-state index in [1.54, 1.807) is 0 Å². The summed E-state index contributed by atoms with van der Waals surface area (Å²) in [4.78, 5) is 0. The van der Waals surface area contributed by atoms with Crippen molar-refractivity contribution in [2.75, 3.05) is 0 Å². The van der Waals surface area contributed by atoms with Crippen LogP contribution in [0.4, 0.5) is 0 Å². The van der Waals surface area contributed by atoms with E-state index in [2.05, 4.69) is 47.0 Å². The van der Waals surface area contributed by atoms with Crippen molar-refractivity contribution in [1.82, 2.24) is 0 Å². The molecule has 1 aliphatic carbocycles. The Balaban J connectivity index is 3.20. The minimum atomic E-state index is -1.58. The van der Waals surface area contributed by atoms with Gasteiger partial charge in [-0.1, -0.05) is 32.1 Å². The zero-order valence-corrected chi connectivity index (χ0v) is 13.9. The summed E-state index contributed by atoms with van der Waals surface area (Å²) in [6.07, 6.45) is 7.62. The molecule has 0 aromatic heterocycles. The minimum Gasteiger partial charge on any atom is -0.544 e. The Morgan fingerprint density at radius 1 is 1.33 bits per heavy atom. The van der Waals surface area contributed by atoms with E-state index in [1.165, 1.54) is 30.4 Å². The molecule has 0 atom stereocenters. The van der Waals surface area contributed by atoms with Gasteiger partial charge in [-0.3, -0.25) is 0 Å². The van der Waals surface area contributed by atoms with E-state index in [0.29, 0.717) is 0 Å². The lowest BCUT2D eigenvalue weighted by Gasteiger charge is -2.37. The molecule has 0 spiro atoms. The van der Waals surface area contributed by atoms with Crippen LogP contribution in [0.5, 0.6) is 0 Å². The highest BCUT2D eigenvalue weighted by Crippen LogP contribution is 2.44. The van der Waals surface area contributed by atoms with Gasteiger partial charge in [0.2, 0.25) is 8.32 Å². The van der Waals surface area contributed by atoms with Crippen LogP contribution in [0.25, 0.3) is 0 Å². The third kappa shape index (κ3) is 3.87. The van der Waals surface area contributed by atoms with Crippen molar-refractivity contribution < 1.29 is 4.43 Å². The normalized spacial score (nSPS) is 20.9. The number of allylic oxidation sites excluding steroid dienone is 4. The van der Waals surface area contributed by atoms with Crippen LogP contribution in [-0.2, 0) is 4.43 Å². The first-order valence-corrected chi connectivity index (χ1v) is 10.3. The van der Waals surface area contributed by atoms with Crippen LogP contribution in [0.15, 0.2) is 35.6 Å². The smallest absolute Gasteiger partial charge is 0.242 e. The lowest BCUT2D eigenvalue weighted by Crippen LogP contribution is -2.30. The zero-order chi connectivity index (χ0) is 14.0. The third-order valence-corrected chi connectivity index (χ3v) is 4.22. The van der Waals surface area contributed by atoms with Gasteiger partial charge in [-0.25, -0.2) is 0 Å². The maximum absolute atomic E-state index is 6.29. The van der Waals surface area contributed by atoms with E-state index in [4.69, 9.17) is 4.43 Å². The molecule has 0 fully saturated rings. The molecule has 1 nitrogen and oxygen atoms in total. The van der Waals surface area contributed by atoms with Crippen LogP contribution in [0.1, 0.15) is 40.0 Å². The molecule has 2 heteroatoms. The standard InChI is InChI=1S/C16H28OSi/c1-8-10-14(17-18(5,6)7)15-13(2)11-9-12-16(15,3)4/h8,10H,1,9,11-12H2,2-7H3/b14-10-. The Labute approximate surface area is 114 Å². The fraction of sp³-hybridized carbons (Fsp3) is 0.625. The van der Waals surface area contributed by atoms with Gasteiger partial charge in [0.25, 0.3) is 0 Å². The molecule has 1 rings (SSSR count). The molecule has 0 saturated heterocycles. The molecule has 0 aromatic rings. The van der Waals surface area contributed by atoms with Crippen molar-refractivity contribution in [2.24, 2.45) is 5.41 Å². The Morgan fingerprint density at radius 3 is 2.39 bits per heavy atom. The number of rotatable bonds is 4. The van der Waals surface area contributed by atoms with Crippen LogP contribution in [-0.4, -0.2) is 8.32 Å². The minimum absolute atomic E-state index is 0.219. The van der Waals surface area contributed by atoms with Crippen molar-refractivity contribution in [3.63, 3.8) is 0 Å². The Kier molecular flexibility index (Phi) is 4.65. The summed E-state index contributed by atoms with van der Waals surface area (Å²) in [7, 11) is -1.58. The molecule has 102 valence electrons. The van der Waals surface area contributed by atoms with Gasteiger partial charge in [-0.2, -0.15) is 0 Å². The van der Waals surface area contributed by atoms with Crippen molar-refractivity contribution in [3.05, 3.63) is 35.6 Å². The molecule has 18 heavy (non-hydrogen) atoms. The average Bonchev–Trinajstić information content (AvgIpc) is 2.13. The molecule has 0 radical (unpaired) electrons. The number of hydrogen-bond donors (Lipinski definition) is 0. The molecule has 0 saturated carbocycles. The maximum atomic E-state index is 6.29. The highest BCUT2D eigenvalue weighted by molar-refractivity contribution is 6.70. The molecular formula is C16H28OSi. The Bertz CT molecular complexity index is 380. The summed E-state index contributed by atoms with van der Waals surface area (Å²) >= 11 is 0. The maximum Gasteiger partial charge on any atom is 0.242 e. The molecule has 0 bridgehead atoms. The van der Waals surface area contributed by atoms with E-state index in [0.717, 1.165) is 5.76 Å². The van der Waals surface area contributed by atoms with Gasteiger partial charge in [-0.05, 0) is 62.9 Å². The average molecular weight is 264 g/mol. The summed E-state index contributed by atoms with van der Waals surface area (Å²) < 4.78 is 6.29. The van der Waals surface area contributed by atoms with Crippen LogP contribution in [0, 0.1) is 5.41 Å². The largest absolute Gasteiger partial charge is 0.544 e. The predicted octanol–water partition coefficient (Wildman–Crippen LogP) is 5.43. The topological polar surface area (TPSA) is 9.23 Å². The summed E-state index contributed by atoms with van der Waals surface area (Å²) in [5.74, 6) is 1.06. The first kappa shape index (κ1) is 15.3. The number of hydrogen-bond acceptors (Lipinski definition) is 1. The molecule has 0 amide bonds. The lowest BCUT2D eigenvalue weighted by molar-refractivity contribution is 0.327. The highest BCUT2D eigenvalue weighted by atomic mass is 28.4. The van der Waals surface area contributed by atoms with Gasteiger partial charge in [0.1, 0.15) is 5.76 Å². The van der Waals surface area contributed by atoms with Crippen LogP contribution >= 0.6 is 0 Å². The monoisotopic (exact) mass is 264 g/mol. The molecule has 1 aliphatic rings. The van der Waals surface area contributed by atoms with E-state index in [-0.39, 0.29) is 5.41 Å². The SMILES string of the molecule is C=C/C=C(\O[Si](C)(C)C)C1=C(C)CCCC1(C)C. The molecule has 0 N–H and O–H groups in total. The van der Waals surface area contributed by atoms with E-state index in [1.807, 2.05) is 12.2 Å². The van der Waals surface area contributed by atoms with E-state index in [9.17, 15) is 0 Å². The third-order valence-electron chi connectivity index (χ3n) is 3.39. The second kappa shape index (κ2) is 5.48. The van der Waals surface area contributed by atoms with Gasteiger partial charge in [0.15, 0.2) is 0 Å². The lowest BCUT2D eigenvalue weighted by atomic mass is 9.72. The van der Waals surface area contributed by atoms with Gasteiger partial charge in [0.05, 0.1) is 0 Å². The molecule has 0 heterocycles. The summed E-state index contributed by atoms with van der Waals surface area (Å²) in [5.41, 5.74) is 3.12. The molecule has 0 unspecified atom stereocenters. The zero-order valence-electron chi connectivity index (χ0n) is 12.9. The second-order valence-electron chi connectivity index (χ2n) is 6.87. The molecule has 0 aliphatic heterocycles. The fourth-order valence-electron chi connectivity index (χ4n) is 2.77. The Morgan fingerprint density at radius 2 is 1.94 bits per heavy atom. The summed E-state index contributed by atoms with van der Waals surface area (Å²) in [6, 6.07) is 0.